The van der Waals surface area contributed by atoms with Gasteiger partial charge in [-0.15, -0.1) is 0 Å². The number of benzene rings is 2. The first kappa shape index (κ1) is 19.0. The van der Waals surface area contributed by atoms with E-state index < -0.39 is 0 Å². The molecule has 2 rings (SSSR count). The van der Waals surface area contributed by atoms with Crippen molar-refractivity contribution < 1.29 is 14.3 Å². The fourth-order valence-electron chi connectivity index (χ4n) is 2.50. The second-order valence-corrected chi connectivity index (χ2v) is 6.22. The number of aryl methyl sites for hydroxylation is 1. The summed E-state index contributed by atoms with van der Waals surface area (Å²) in [6, 6.07) is 14.9. The van der Waals surface area contributed by atoms with Crippen molar-refractivity contribution in [3.63, 3.8) is 0 Å². The normalized spacial score (nSPS) is 10.5. The molecule has 2 aromatic carbocycles. The van der Waals surface area contributed by atoms with Crippen molar-refractivity contribution >= 4 is 5.97 Å². The zero-order chi connectivity index (χ0) is 17.9. The van der Waals surface area contributed by atoms with Crippen LogP contribution in [0.15, 0.2) is 48.5 Å². The van der Waals surface area contributed by atoms with Crippen molar-refractivity contribution in [3.05, 3.63) is 59.7 Å². The van der Waals surface area contributed by atoms with E-state index in [2.05, 4.69) is 13.8 Å². The minimum Gasteiger partial charge on any atom is -0.494 e. The summed E-state index contributed by atoms with van der Waals surface area (Å²) in [4.78, 5) is 12.2. The Morgan fingerprint density at radius 3 is 2.08 bits per heavy atom. The third-order valence-corrected chi connectivity index (χ3v) is 4.06. The van der Waals surface area contributed by atoms with Gasteiger partial charge >= 0.3 is 5.97 Å². The molecule has 3 heteroatoms. The molecule has 0 radical (unpaired) electrons. The van der Waals surface area contributed by atoms with Gasteiger partial charge < -0.3 is 9.47 Å². The van der Waals surface area contributed by atoms with E-state index in [1.165, 1.54) is 24.8 Å². The first-order chi connectivity index (χ1) is 12.2. The third kappa shape index (κ3) is 6.61. The van der Waals surface area contributed by atoms with Crippen LogP contribution in [0, 0.1) is 0 Å². The molecule has 0 saturated carbocycles. The predicted octanol–water partition coefficient (Wildman–Crippen LogP) is 5.82. The summed E-state index contributed by atoms with van der Waals surface area (Å²) >= 11 is 0. The van der Waals surface area contributed by atoms with Crippen molar-refractivity contribution in [2.75, 3.05) is 6.61 Å². The summed E-state index contributed by atoms with van der Waals surface area (Å²) in [5.41, 5.74) is 1.82. The number of rotatable bonds is 10. The molecular weight excluding hydrogens is 312 g/mol. The molecule has 0 N–H and O–H groups in total. The van der Waals surface area contributed by atoms with Crippen LogP contribution < -0.4 is 9.47 Å². The maximum absolute atomic E-state index is 12.2. The summed E-state index contributed by atoms with van der Waals surface area (Å²) < 4.78 is 11.1. The largest absolute Gasteiger partial charge is 0.494 e. The number of unbranched alkanes of at least 4 members (excludes halogenated alkanes) is 3. The minimum atomic E-state index is -0.335. The number of esters is 1. The molecule has 0 aromatic heterocycles. The average molecular weight is 340 g/mol. The Morgan fingerprint density at radius 2 is 1.44 bits per heavy atom. The monoisotopic (exact) mass is 340 g/mol. The lowest BCUT2D eigenvalue weighted by Crippen LogP contribution is -2.08. The number of carbonyl (C=O) groups is 1. The van der Waals surface area contributed by atoms with Gasteiger partial charge in [0.2, 0.25) is 0 Å². The number of carbonyl (C=O) groups excluding carboxylic acids is 1. The summed E-state index contributed by atoms with van der Waals surface area (Å²) in [5.74, 6) is 0.996. The quantitative estimate of drug-likeness (QED) is 0.311. The van der Waals surface area contributed by atoms with Crippen molar-refractivity contribution in [2.45, 2.75) is 52.4 Å². The Bertz CT molecular complexity index is 629. The van der Waals surface area contributed by atoms with Gasteiger partial charge in [0.1, 0.15) is 11.5 Å². The van der Waals surface area contributed by atoms with Crippen molar-refractivity contribution in [1.82, 2.24) is 0 Å². The molecule has 25 heavy (non-hydrogen) atoms. The minimum absolute atomic E-state index is 0.335. The fourth-order valence-corrected chi connectivity index (χ4v) is 2.50. The van der Waals surface area contributed by atoms with E-state index in [1.54, 1.807) is 12.1 Å². The van der Waals surface area contributed by atoms with Gasteiger partial charge in [0.15, 0.2) is 0 Å². The fraction of sp³-hybridized carbons (Fsp3) is 0.409. The molecule has 0 spiro atoms. The molecule has 0 heterocycles. The Kier molecular flexibility index (Phi) is 8.03. The molecule has 3 nitrogen and oxygen atoms in total. The highest BCUT2D eigenvalue weighted by Gasteiger charge is 2.08. The van der Waals surface area contributed by atoms with Gasteiger partial charge in [-0.2, -0.15) is 0 Å². The average Bonchev–Trinajstić information content (AvgIpc) is 2.65. The van der Waals surface area contributed by atoms with E-state index in [0.29, 0.717) is 11.3 Å². The molecule has 0 atom stereocenters. The van der Waals surface area contributed by atoms with Crippen molar-refractivity contribution in [1.29, 1.82) is 0 Å². The van der Waals surface area contributed by atoms with E-state index in [-0.39, 0.29) is 5.97 Å². The smallest absolute Gasteiger partial charge is 0.343 e. The van der Waals surface area contributed by atoms with Crippen LogP contribution in [0.4, 0.5) is 0 Å². The van der Waals surface area contributed by atoms with Crippen LogP contribution in [0.1, 0.15) is 61.9 Å². The molecule has 0 unspecified atom stereocenters. The molecule has 0 aliphatic heterocycles. The molecule has 0 saturated heterocycles. The zero-order valence-corrected chi connectivity index (χ0v) is 15.3. The van der Waals surface area contributed by atoms with Gasteiger partial charge in [-0.1, -0.05) is 45.2 Å². The van der Waals surface area contributed by atoms with Gasteiger partial charge in [0.05, 0.1) is 12.2 Å². The molecule has 134 valence electrons. The number of hydrogen-bond donors (Lipinski definition) is 0. The number of ether oxygens (including phenoxy) is 2. The molecule has 0 amide bonds. The molecular formula is C22H28O3. The summed E-state index contributed by atoms with van der Waals surface area (Å²) in [6.07, 6.45) is 6.79. The summed E-state index contributed by atoms with van der Waals surface area (Å²) in [6.45, 7) is 5.06. The second kappa shape index (κ2) is 10.5. The first-order valence-corrected chi connectivity index (χ1v) is 9.27. The Balaban J connectivity index is 1.85. The lowest BCUT2D eigenvalue weighted by molar-refractivity contribution is 0.0734. The maximum atomic E-state index is 12.2. The zero-order valence-electron chi connectivity index (χ0n) is 15.3. The molecule has 0 aliphatic carbocycles. The highest BCUT2D eigenvalue weighted by molar-refractivity contribution is 5.91. The van der Waals surface area contributed by atoms with Crippen LogP contribution in [0.2, 0.25) is 0 Å². The van der Waals surface area contributed by atoms with Crippen LogP contribution in [0.5, 0.6) is 11.5 Å². The highest BCUT2D eigenvalue weighted by atomic mass is 16.5. The van der Waals surface area contributed by atoms with Gasteiger partial charge in [0, 0.05) is 0 Å². The highest BCUT2D eigenvalue weighted by Crippen LogP contribution is 2.19. The second-order valence-electron chi connectivity index (χ2n) is 6.22. The van der Waals surface area contributed by atoms with Crippen molar-refractivity contribution in [3.8, 4) is 11.5 Å². The topological polar surface area (TPSA) is 35.5 Å². The third-order valence-electron chi connectivity index (χ3n) is 4.06. The molecule has 0 bridgehead atoms. The lowest BCUT2D eigenvalue weighted by atomic mass is 10.1. The van der Waals surface area contributed by atoms with E-state index in [0.717, 1.165) is 31.6 Å². The van der Waals surface area contributed by atoms with E-state index in [9.17, 15) is 4.79 Å². The van der Waals surface area contributed by atoms with Gasteiger partial charge in [0.25, 0.3) is 0 Å². The van der Waals surface area contributed by atoms with Crippen LogP contribution in [0.3, 0.4) is 0 Å². The maximum Gasteiger partial charge on any atom is 0.343 e. The summed E-state index contributed by atoms with van der Waals surface area (Å²) in [7, 11) is 0. The lowest BCUT2D eigenvalue weighted by Gasteiger charge is -2.08. The Morgan fingerprint density at radius 1 is 0.800 bits per heavy atom. The first-order valence-electron chi connectivity index (χ1n) is 9.27. The van der Waals surface area contributed by atoms with Crippen LogP contribution in [0.25, 0.3) is 0 Å². The molecule has 2 aromatic rings. The standard InChI is InChI=1S/C22H28O3/c1-3-5-7-17-24-20-13-15-21(16-14-20)25-22(23)19-11-9-18(10-12-19)8-6-4-2/h9-16H,3-8,17H2,1-2H3. The van der Waals surface area contributed by atoms with E-state index in [4.69, 9.17) is 9.47 Å². The van der Waals surface area contributed by atoms with E-state index in [1.807, 2.05) is 36.4 Å². The van der Waals surface area contributed by atoms with Crippen molar-refractivity contribution in [2.24, 2.45) is 0 Å². The van der Waals surface area contributed by atoms with E-state index >= 15 is 0 Å². The molecule has 0 fully saturated rings. The molecule has 0 aliphatic rings. The summed E-state index contributed by atoms with van der Waals surface area (Å²) in [5, 5.41) is 0. The van der Waals surface area contributed by atoms with Crippen LogP contribution >= 0.6 is 0 Å². The van der Waals surface area contributed by atoms with Gasteiger partial charge in [-0.25, -0.2) is 4.79 Å². The van der Waals surface area contributed by atoms with Gasteiger partial charge in [-0.05, 0) is 61.2 Å². The SMILES string of the molecule is CCCCCOc1ccc(OC(=O)c2ccc(CCCC)cc2)cc1. The van der Waals surface area contributed by atoms with Crippen LogP contribution in [-0.4, -0.2) is 12.6 Å². The number of hydrogen-bond acceptors (Lipinski definition) is 3. The van der Waals surface area contributed by atoms with Crippen LogP contribution in [-0.2, 0) is 6.42 Å². The Hall–Kier alpha value is -2.29. The Labute approximate surface area is 151 Å². The van der Waals surface area contributed by atoms with Gasteiger partial charge in [-0.3, -0.25) is 0 Å². The predicted molar refractivity (Wildman–Crippen MR) is 101 cm³/mol.